The van der Waals surface area contributed by atoms with Crippen molar-refractivity contribution in [2.24, 2.45) is 0 Å². The van der Waals surface area contributed by atoms with Crippen molar-refractivity contribution in [1.29, 1.82) is 0 Å². The molecule has 0 fully saturated rings. The Bertz CT molecular complexity index is 1470. The molecular formula is C68H130N2O7P+. The number of carbonyl (C=O) groups excluding carboxylic acids is 2. The van der Waals surface area contributed by atoms with Gasteiger partial charge in [0.05, 0.1) is 33.8 Å². The minimum absolute atomic E-state index is 0.0406. The third kappa shape index (κ3) is 58.6. The van der Waals surface area contributed by atoms with E-state index in [1.165, 1.54) is 212 Å². The van der Waals surface area contributed by atoms with Gasteiger partial charge in [-0.25, -0.2) is 4.57 Å². The minimum atomic E-state index is -4.45. The Hall–Kier alpha value is -2.03. The summed E-state index contributed by atoms with van der Waals surface area (Å²) in [6, 6.07) is -0.849. The molecule has 0 aromatic heterocycles. The molecule has 0 spiro atoms. The van der Waals surface area contributed by atoms with E-state index in [-0.39, 0.29) is 25.1 Å². The summed E-state index contributed by atoms with van der Waals surface area (Å²) >= 11 is 0. The Balaban J connectivity index is 5.07. The number of amides is 1. The number of carbonyl (C=O) groups is 2. The second kappa shape index (κ2) is 58.2. The Kier molecular flexibility index (Phi) is 56.7. The first-order chi connectivity index (χ1) is 37.9. The molecule has 0 heterocycles. The molecule has 1 amide bonds. The highest BCUT2D eigenvalue weighted by Crippen LogP contribution is 2.43. The van der Waals surface area contributed by atoms with Gasteiger partial charge in [0, 0.05) is 12.8 Å². The van der Waals surface area contributed by atoms with Gasteiger partial charge >= 0.3 is 13.8 Å². The lowest BCUT2D eigenvalue weighted by atomic mass is 10.0. The normalized spacial score (nSPS) is 13.9. The van der Waals surface area contributed by atoms with Gasteiger partial charge in [0.2, 0.25) is 5.91 Å². The van der Waals surface area contributed by atoms with Crippen LogP contribution in [0.15, 0.2) is 48.6 Å². The maximum atomic E-state index is 13.5. The number of phosphoric acid groups is 1. The van der Waals surface area contributed by atoms with Crippen molar-refractivity contribution in [3.63, 3.8) is 0 Å². The van der Waals surface area contributed by atoms with Crippen LogP contribution < -0.4 is 5.32 Å². The molecular weight excluding hydrogens is 988 g/mol. The van der Waals surface area contributed by atoms with E-state index in [4.69, 9.17) is 13.8 Å². The molecule has 0 saturated carbocycles. The average molecular weight is 1120 g/mol. The molecule has 0 aliphatic heterocycles. The fourth-order valence-corrected chi connectivity index (χ4v) is 10.5. The molecule has 2 N–H and O–H groups in total. The van der Waals surface area contributed by atoms with Crippen molar-refractivity contribution in [2.75, 3.05) is 40.9 Å². The molecule has 0 aliphatic rings. The zero-order chi connectivity index (χ0) is 57.2. The van der Waals surface area contributed by atoms with Crippen LogP contribution in [0, 0.1) is 0 Å². The fourth-order valence-electron chi connectivity index (χ4n) is 9.79. The van der Waals surface area contributed by atoms with Crippen molar-refractivity contribution in [1.82, 2.24) is 5.32 Å². The second-order valence-electron chi connectivity index (χ2n) is 24.0. The van der Waals surface area contributed by atoms with Crippen LogP contribution in [0.1, 0.15) is 323 Å². The molecule has 0 radical (unpaired) electrons. The quantitative estimate of drug-likeness (QED) is 0.0205. The van der Waals surface area contributed by atoms with E-state index in [0.717, 1.165) is 77.0 Å². The molecule has 0 rings (SSSR count). The minimum Gasteiger partial charge on any atom is -0.456 e. The zero-order valence-electron chi connectivity index (χ0n) is 52.4. The monoisotopic (exact) mass is 1120 g/mol. The maximum Gasteiger partial charge on any atom is 0.472 e. The van der Waals surface area contributed by atoms with Crippen molar-refractivity contribution in [3.05, 3.63) is 48.6 Å². The molecule has 9 nitrogen and oxygen atoms in total. The summed E-state index contributed by atoms with van der Waals surface area (Å²) in [6.07, 6.45) is 72.6. The summed E-state index contributed by atoms with van der Waals surface area (Å²) in [4.78, 5) is 37.8. The molecule has 78 heavy (non-hydrogen) atoms. The molecule has 0 aromatic rings. The van der Waals surface area contributed by atoms with Crippen LogP contribution in [0.2, 0.25) is 0 Å². The number of likely N-dealkylation sites (N-methyl/N-ethyl adjacent to an activating group) is 1. The number of rotatable bonds is 61. The third-order valence-corrected chi connectivity index (χ3v) is 16.0. The first-order valence-electron chi connectivity index (χ1n) is 33.5. The van der Waals surface area contributed by atoms with Gasteiger partial charge in [-0.05, 0) is 89.5 Å². The average Bonchev–Trinajstić information content (AvgIpc) is 3.40. The van der Waals surface area contributed by atoms with Crippen LogP contribution in [0.25, 0.3) is 0 Å². The first-order valence-corrected chi connectivity index (χ1v) is 35.0. The van der Waals surface area contributed by atoms with E-state index in [2.05, 4.69) is 62.5 Å². The number of quaternary nitrogens is 1. The summed E-state index contributed by atoms with van der Waals surface area (Å²) in [6.45, 7) is 7.01. The zero-order valence-corrected chi connectivity index (χ0v) is 53.3. The second-order valence-corrected chi connectivity index (χ2v) is 25.4. The van der Waals surface area contributed by atoms with Gasteiger partial charge in [0.15, 0.2) is 0 Å². The standard InChI is InChI=1S/C68H129N2O7P/c1-7-10-13-16-19-22-25-28-30-31-32-33-34-35-36-37-38-39-41-43-46-49-52-55-58-61-68(72)77-66(59-56-53-50-47-44-27-24-21-18-15-12-9-3)65(64-76-78(73,74)75-63-62-70(4,5)6)69-67(71)60-57-54-51-48-45-42-40-29-26-23-20-17-14-11-8-2/h19,22-23,26,28,30,56,59,65-66H,7-18,20-21,24-25,27,29,31-55,57-58,60-64H2,1-6H3,(H-,69,71,73,74)/p+1/b22-19-,26-23-,30-28-,59-56-. The Morgan fingerprint density at radius 2 is 0.782 bits per heavy atom. The van der Waals surface area contributed by atoms with E-state index in [1.54, 1.807) is 0 Å². The van der Waals surface area contributed by atoms with Crippen LogP contribution in [0.3, 0.4) is 0 Å². The Labute approximate surface area is 484 Å². The van der Waals surface area contributed by atoms with Crippen LogP contribution in [0.5, 0.6) is 0 Å². The lowest BCUT2D eigenvalue weighted by molar-refractivity contribution is -0.870. The van der Waals surface area contributed by atoms with Crippen LogP contribution >= 0.6 is 7.82 Å². The van der Waals surface area contributed by atoms with Crippen LogP contribution in [0.4, 0.5) is 0 Å². The largest absolute Gasteiger partial charge is 0.472 e. The van der Waals surface area contributed by atoms with E-state index < -0.39 is 20.0 Å². The topological polar surface area (TPSA) is 111 Å². The van der Waals surface area contributed by atoms with Crippen molar-refractivity contribution >= 4 is 19.7 Å². The van der Waals surface area contributed by atoms with Gasteiger partial charge in [0.1, 0.15) is 19.3 Å². The van der Waals surface area contributed by atoms with Gasteiger partial charge in [0.25, 0.3) is 0 Å². The highest BCUT2D eigenvalue weighted by molar-refractivity contribution is 7.47. The molecule has 0 bridgehead atoms. The van der Waals surface area contributed by atoms with Gasteiger partial charge in [-0.1, -0.05) is 269 Å². The molecule has 3 atom stereocenters. The number of ether oxygens (including phenoxy) is 1. The molecule has 10 heteroatoms. The molecule has 0 aromatic carbocycles. The Morgan fingerprint density at radius 1 is 0.449 bits per heavy atom. The van der Waals surface area contributed by atoms with Crippen molar-refractivity contribution in [3.8, 4) is 0 Å². The predicted molar refractivity (Wildman–Crippen MR) is 337 cm³/mol. The Morgan fingerprint density at radius 3 is 1.21 bits per heavy atom. The number of nitrogens with zero attached hydrogens (tertiary/aromatic N) is 1. The lowest BCUT2D eigenvalue weighted by Crippen LogP contribution is -2.47. The van der Waals surface area contributed by atoms with E-state index in [1.807, 2.05) is 33.3 Å². The number of hydrogen-bond donors (Lipinski definition) is 2. The number of hydrogen-bond acceptors (Lipinski definition) is 6. The molecule has 3 unspecified atom stereocenters. The van der Waals surface area contributed by atoms with E-state index >= 15 is 0 Å². The molecule has 458 valence electrons. The summed E-state index contributed by atoms with van der Waals surface area (Å²) in [5, 5.41) is 3.06. The van der Waals surface area contributed by atoms with Crippen LogP contribution in [-0.4, -0.2) is 74.3 Å². The molecule has 0 saturated heterocycles. The van der Waals surface area contributed by atoms with Crippen molar-refractivity contribution < 1.29 is 37.3 Å². The van der Waals surface area contributed by atoms with Gasteiger partial charge in [-0.2, -0.15) is 0 Å². The predicted octanol–water partition coefficient (Wildman–Crippen LogP) is 20.8. The number of unbranched alkanes of at least 4 members (excludes halogenated alkanes) is 39. The highest BCUT2D eigenvalue weighted by Gasteiger charge is 2.30. The summed E-state index contributed by atoms with van der Waals surface area (Å²) in [5.74, 6) is -0.498. The summed E-state index contributed by atoms with van der Waals surface area (Å²) in [7, 11) is 1.50. The van der Waals surface area contributed by atoms with Gasteiger partial charge < -0.3 is 19.4 Å². The van der Waals surface area contributed by atoms with E-state index in [9.17, 15) is 19.0 Å². The van der Waals surface area contributed by atoms with Gasteiger partial charge in [-0.3, -0.25) is 18.6 Å². The van der Waals surface area contributed by atoms with E-state index in [0.29, 0.717) is 23.9 Å². The number of nitrogens with one attached hydrogen (secondary N) is 1. The fraction of sp³-hybridized carbons (Fsp3) is 0.853. The number of esters is 1. The number of phosphoric ester groups is 1. The SMILES string of the molecule is CCCCC/C=C\C/C=C\CCCCCCCCCCCCCCCCCC(=O)OC(/C=C\CCCCCCCCCCCC)C(COP(=O)(O)OCC[N+](C)(C)C)NC(=O)CCCCCCCCC/C=C\CCCCCC. The third-order valence-electron chi connectivity index (χ3n) is 15.0. The van der Waals surface area contributed by atoms with Gasteiger partial charge in [-0.15, -0.1) is 0 Å². The van der Waals surface area contributed by atoms with Crippen LogP contribution in [-0.2, 0) is 27.9 Å². The highest BCUT2D eigenvalue weighted by atomic mass is 31.2. The maximum absolute atomic E-state index is 13.5. The number of allylic oxidation sites excluding steroid dienone is 7. The summed E-state index contributed by atoms with van der Waals surface area (Å²) < 4.78 is 30.8. The first kappa shape index (κ1) is 76.0. The smallest absolute Gasteiger partial charge is 0.456 e. The summed E-state index contributed by atoms with van der Waals surface area (Å²) in [5.41, 5.74) is 0. The lowest BCUT2D eigenvalue weighted by Gasteiger charge is -2.27. The van der Waals surface area contributed by atoms with Crippen molar-refractivity contribution in [2.45, 2.75) is 335 Å². The molecule has 0 aliphatic carbocycles.